The molecule has 8 nitrogen and oxygen atoms in total. The third-order valence-corrected chi connectivity index (χ3v) is 3.99. The van der Waals surface area contributed by atoms with E-state index in [0.717, 1.165) is 11.8 Å². The molecule has 0 aliphatic rings. The molecule has 0 unspecified atom stereocenters. The highest BCUT2D eigenvalue weighted by Gasteiger charge is 2.11. The van der Waals surface area contributed by atoms with Gasteiger partial charge in [0.25, 0.3) is 0 Å². The number of anilines is 1. The Kier molecular flexibility index (Phi) is 5.00. The number of carbonyl (C=O) groups is 1. The fraction of sp³-hybridized carbons (Fsp3) is 0.261. The molecular formula is C23H25N3O5. The van der Waals surface area contributed by atoms with Crippen molar-refractivity contribution in [2.45, 2.75) is 26.5 Å². The summed E-state index contributed by atoms with van der Waals surface area (Å²) in [5.74, 6) is -0.989. The van der Waals surface area contributed by atoms with Crippen LogP contribution in [0.4, 0.5) is 5.69 Å². The van der Waals surface area contributed by atoms with Crippen LogP contribution in [0.15, 0.2) is 54.6 Å². The number of para-hydroxylation sites is 1. The minimum Gasteiger partial charge on any atom is -0.481 e. The predicted octanol–water partition coefficient (Wildman–Crippen LogP) is 4.46. The van der Waals surface area contributed by atoms with Crippen LogP contribution in [0.5, 0.6) is 23.5 Å². The van der Waals surface area contributed by atoms with E-state index in [1.165, 1.54) is 0 Å². The molecule has 0 atom stereocenters. The summed E-state index contributed by atoms with van der Waals surface area (Å²) in [5.41, 5.74) is 1.83. The van der Waals surface area contributed by atoms with Crippen LogP contribution in [0.3, 0.4) is 0 Å². The van der Waals surface area contributed by atoms with Crippen LogP contribution in [0.1, 0.15) is 38.0 Å². The Balaban J connectivity index is 1.77. The molecule has 1 aromatic heterocycles. The van der Waals surface area contributed by atoms with Gasteiger partial charge in [-0.2, -0.15) is 9.97 Å². The van der Waals surface area contributed by atoms with Crippen LogP contribution in [0.25, 0.3) is 0 Å². The van der Waals surface area contributed by atoms with E-state index in [0.29, 0.717) is 23.4 Å². The smallest absolute Gasteiger partial charge is 0.338 e. The SMILES string of the molecule is [2H]C([2H])([2H])Oc1cc(OC([2H])([2H])[2H])nc(Oc2ccccc2CNc2ccc(C(=O)OC(C)C)cc2)n1. The number of hydrogen-bond acceptors (Lipinski definition) is 8. The zero-order chi connectivity index (χ0) is 27.2. The number of ether oxygens (including phenoxy) is 4. The molecular weight excluding hydrogens is 398 g/mol. The van der Waals surface area contributed by atoms with Crippen LogP contribution < -0.4 is 19.5 Å². The number of nitrogens with one attached hydrogen (secondary N) is 1. The van der Waals surface area contributed by atoms with Gasteiger partial charge in [-0.3, -0.25) is 0 Å². The van der Waals surface area contributed by atoms with Gasteiger partial charge in [0.05, 0.1) is 40.0 Å². The molecule has 0 spiro atoms. The molecule has 162 valence electrons. The maximum Gasteiger partial charge on any atom is 0.338 e. The van der Waals surface area contributed by atoms with E-state index in [9.17, 15) is 4.79 Å². The summed E-state index contributed by atoms with van der Waals surface area (Å²) in [4.78, 5) is 19.8. The van der Waals surface area contributed by atoms with Crippen molar-refractivity contribution >= 4 is 11.7 Å². The topological polar surface area (TPSA) is 91.8 Å². The molecule has 1 N–H and O–H groups in total. The summed E-state index contributed by atoms with van der Waals surface area (Å²) < 4.78 is 64.1. The third-order valence-electron chi connectivity index (χ3n) is 3.99. The first kappa shape index (κ1) is 15.1. The lowest BCUT2D eigenvalue weighted by Gasteiger charge is -2.13. The molecule has 0 saturated heterocycles. The van der Waals surface area contributed by atoms with Crippen molar-refractivity contribution < 1.29 is 32.0 Å². The zero-order valence-electron chi connectivity index (χ0n) is 22.9. The Bertz CT molecular complexity index is 1180. The lowest BCUT2D eigenvalue weighted by Crippen LogP contribution is -2.11. The molecule has 31 heavy (non-hydrogen) atoms. The van der Waals surface area contributed by atoms with Gasteiger partial charge in [0.2, 0.25) is 11.8 Å². The first-order chi connectivity index (χ1) is 17.3. The highest BCUT2D eigenvalue weighted by molar-refractivity contribution is 5.89. The molecule has 0 amide bonds. The van der Waals surface area contributed by atoms with Crippen LogP contribution in [0, 0.1) is 0 Å². The minimum atomic E-state index is -2.84. The van der Waals surface area contributed by atoms with Crippen molar-refractivity contribution in [2.24, 2.45) is 0 Å². The summed E-state index contributed by atoms with van der Waals surface area (Å²) in [6.07, 6.45) is -0.220. The fourth-order valence-electron chi connectivity index (χ4n) is 2.59. The predicted molar refractivity (Wildman–Crippen MR) is 116 cm³/mol. The summed E-state index contributed by atoms with van der Waals surface area (Å²) in [7, 11) is -5.68. The van der Waals surface area contributed by atoms with Gasteiger partial charge in [-0.25, -0.2) is 4.79 Å². The normalized spacial score (nSPS) is 14.2. The Hall–Kier alpha value is -3.81. The zero-order valence-corrected chi connectivity index (χ0v) is 16.9. The molecule has 2 aromatic carbocycles. The van der Waals surface area contributed by atoms with Gasteiger partial charge < -0.3 is 24.3 Å². The van der Waals surface area contributed by atoms with Crippen molar-refractivity contribution in [3.8, 4) is 23.5 Å². The van der Waals surface area contributed by atoms with Crippen LogP contribution in [-0.4, -0.2) is 36.1 Å². The number of hydrogen-bond donors (Lipinski definition) is 1. The van der Waals surface area contributed by atoms with Crippen LogP contribution in [-0.2, 0) is 11.3 Å². The molecule has 0 fully saturated rings. The van der Waals surface area contributed by atoms with Crippen LogP contribution >= 0.6 is 0 Å². The Morgan fingerprint density at radius 2 is 1.71 bits per heavy atom. The number of nitrogens with zero attached hydrogens (tertiary/aromatic N) is 2. The molecule has 0 aliphatic heterocycles. The second kappa shape index (κ2) is 10.3. The summed E-state index contributed by atoms with van der Waals surface area (Å²) in [6, 6.07) is 14.2. The molecule has 1 heterocycles. The van der Waals surface area contributed by atoms with E-state index in [1.54, 1.807) is 62.4 Å². The van der Waals surface area contributed by atoms with Crippen LogP contribution in [0.2, 0.25) is 0 Å². The van der Waals surface area contributed by atoms with Gasteiger partial charge in [0, 0.05) is 17.8 Å². The van der Waals surface area contributed by atoms with Gasteiger partial charge >= 0.3 is 12.0 Å². The lowest BCUT2D eigenvalue weighted by molar-refractivity contribution is 0.0378. The highest BCUT2D eigenvalue weighted by atomic mass is 16.5. The number of aromatic nitrogens is 2. The molecule has 0 bridgehead atoms. The summed E-state index contributed by atoms with van der Waals surface area (Å²) in [5, 5.41) is 3.21. The van der Waals surface area contributed by atoms with E-state index in [-0.39, 0.29) is 12.1 Å². The molecule has 3 aromatic rings. The number of methoxy groups -OCH3 is 2. The monoisotopic (exact) mass is 429 g/mol. The Morgan fingerprint density at radius 3 is 2.35 bits per heavy atom. The quantitative estimate of drug-likeness (QED) is 0.499. The second-order valence-electron chi connectivity index (χ2n) is 6.63. The number of esters is 1. The highest BCUT2D eigenvalue weighted by Crippen LogP contribution is 2.27. The maximum absolute atomic E-state index is 12.0. The van der Waals surface area contributed by atoms with Gasteiger partial charge in [0.15, 0.2) is 0 Å². The van der Waals surface area contributed by atoms with Gasteiger partial charge in [-0.1, -0.05) is 18.2 Å². The van der Waals surface area contributed by atoms with E-state index in [1.807, 2.05) is 0 Å². The molecule has 3 rings (SSSR count). The van der Waals surface area contributed by atoms with E-state index < -0.39 is 31.8 Å². The average molecular weight is 430 g/mol. The summed E-state index contributed by atoms with van der Waals surface area (Å²) in [6.45, 7) is 3.85. The average Bonchev–Trinajstić information content (AvgIpc) is 2.76. The lowest BCUT2D eigenvalue weighted by atomic mass is 10.1. The number of rotatable bonds is 9. The van der Waals surface area contributed by atoms with Crippen molar-refractivity contribution in [3.63, 3.8) is 0 Å². The Labute approximate surface area is 189 Å². The minimum absolute atomic E-state index is 0.220. The van der Waals surface area contributed by atoms with E-state index in [2.05, 4.69) is 15.3 Å². The van der Waals surface area contributed by atoms with Gasteiger partial charge in [-0.05, 0) is 44.2 Å². The van der Waals surface area contributed by atoms with Crippen molar-refractivity contribution in [3.05, 3.63) is 65.7 Å². The molecule has 0 saturated carbocycles. The van der Waals surface area contributed by atoms with Crippen molar-refractivity contribution in [1.82, 2.24) is 9.97 Å². The first-order valence-electron chi connectivity index (χ1n) is 12.4. The largest absolute Gasteiger partial charge is 0.481 e. The Morgan fingerprint density at radius 1 is 1.03 bits per heavy atom. The standard InChI is InChI=1S/C23H25N3O5/c1-15(2)30-22(27)16-9-11-18(12-10-16)24-14-17-7-5-6-8-19(17)31-23-25-20(28-3)13-21(26-23)29-4/h5-13,15,24H,14H2,1-4H3/i3D3,4D3. The second-order valence-corrected chi connectivity index (χ2v) is 6.63. The van der Waals surface area contributed by atoms with Gasteiger partial charge in [-0.15, -0.1) is 0 Å². The fourth-order valence-corrected chi connectivity index (χ4v) is 2.59. The molecule has 8 heteroatoms. The van der Waals surface area contributed by atoms with Gasteiger partial charge in [0.1, 0.15) is 5.75 Å². The number of carbonyl (C=O) groups excluding carboxylic acids is 1. The molecule has 0 radical (unpaired) electrons. The van der Waals surface area contributed by atoms with Crippen molar-refractivity contribution in [1.29, 1.82) is 0 Å². The molecule has 0 aliphatic carbocycles. The summed E-state index contributed by atoms with van der Waals surface area (Å²) >= 11 is 0. The van der Waals surface area contributed by atoms with E-state index in [4.69, 9.17) is 27.2 Å². The van der Waals surface area contributed by atoms with Crippen molar-refractivity contribution in [2.75, 3.05) is 19.4 Å². The first-order valence-corrected chi connectivity index (χ1v) is 9.35. The third kappa shape index (κ3) is 6.08. The maximum atomic E-state index is 12.0. The van der Waals surface area contributed by atoms with E-state index >= 15 is 0 Å². The number of benzene rings is 2.